The number of nitrogens with zero attached hydrogens (tertiary/aromatic N) is 1. The van der Waals surface area contributed by atoms with Crippen LogP contribution in [0.1, 0.15) is 27.2 Å². The average Bonchev–Trinajstić information content (AvgIpc) is 2.82. The van der Waals surface area contributed by atoms with Crippen molar-refractivity contribution in [1.82, 2.24) is 4.90 Å². The van der Waals surface area contributed by atoms with E-state index < -0.39 is 0 Å². The molecule has 2 rings (SSSR count). The number of carbonyl (C=O) groups excluding carboxylic acids is 1. The second-order valence-corrected chi connectivity index (χ2v) is 7.28. The molecule has 1 heterocycles. The summed E-state index contributed by atoms with van der Waals surface area (Å²) in [6.07, 6.45) is 1.15. The summed E-state index contributed by atoms with van der Waals surface area (Å²) in [5.74, 6) is 0.596. The van der Waals surface area contributed by atoms with Gasteiger partial charge in [0.2, 0.25) is 5.91 Å². The van der Waals surface area contributed by atoms with Crippen molar-refractivity contribution in [2.75, 3.05) is 30.7 Å². The summed E-state index contributed by atoms with van der Waals surface area (Å²) in [5.41, 5.74) is 7.17. The summed E-state index contributed by atoms with van der Waals surface area (Å²) in [5, 5.41) is 3.35. The van der Waals surface area contributed by atoms with Crippen LogP contribution in [-0.2, 0) is 4.79 Å². The van der Waals surface area contributed by atoms with Crippen LogP contribution in [0.25, 0.3) is 0 Å². The molecule has 1 aromatic carbocycles. The number of nitrogens with one attached hydrogen (secondary N) is 1. The van der Waals surface area contributed by atoms with E-state index in [1.165, 1.54) is 0 Å². The van der Waals surface area contributed by atoms with E-state index in [1.54, 1.807) is 18.2 Å². The molecule has 0 bridgehead atoms. The molecule has 21 heavy (non-hydrogen) atoms. The van der Waals surface area contributed by atoms with Crippen molar-refractivity contribution in [2.24, 2.45) is 11.3 Å². The Hall–Kier alpha value is -1.26. The molecule has 5 heteroatoms. The highest BCUT2D eigenvalue weighted by Gasteiger charge is 2.32. The maximum Gasteiger partial charge on any atom is 0.238 e. The van der Waals surface area contributed by atoms with Crippen molar-refractivity contribution < 1.29 is 4.79 Å². The number of anilines is 2. The molecule has 1 saturated heterocycles. The minimum Gasteiger partial charge on any atom is -0.399 e. The molecule has 3 N–H and O–H groups in total. The van der Waals surface area contributed by atoms with Crippen molar-refractivity contribution in [3.8, 4) is 0 Å². The first-order valence-electron chi connectivity index (χ1n) is 7.33. The van der Waals surface area contributed by atoms with Gasteiger partial charge in [-0.25, -0.2) is 0 Å². The van der Waals surface area contributed by atoms with E-state index in [4.69, 9.17) is 17.3 Å². The van der Waals surface area contributed by atoms with Crippen LogP contribution < -0.4 is 11.1 Å². The van der Waals surface area contributed by atoms with Crippen LogP contribution in [0.2, 0.25) is 5.02 Å². The van der Waals surface area contributed by atoms with Gasteiger partial charge in [-0.1, -0.05) is 32.4 Å². The molecule has 1 aromatic rings. The third-order valence-corrected chi connectivity index (χ3v) is 4.46. The SMILES string of the molecule is CC(C)(C)C1CCN(CC(=O)Nc2cc(N)ccc2Cl)C1. The molecule has 1 aliphatic heterocycles. The van der Waals surface area contributed by atoms with E-state index >= 15 is 0 Å². The van der Waals surface area contributed by atoms with E-state index in [0.29, 0.717) is 34.3 Å². The van der Waals surface area contributed by atoms with Gasteiger partial charge in [-0.15, -0.1) is 0 Å². The topological polar surface area (TPSA) is 58.4 Å². The lowest BCUT2D eigenvalue weighted by Gasteiger charge is -2.27. The van der Waals surface area contributed by atoms with Crippen molar-refractivity contribution in [3.05, 3.63) is 23.2 Å². The van der Waals surface area contributed by atoms with E-state index in [0.717, 1.165) is 19.5 Å². The number of hydrogen-bond donors (Lipinski definition) is 2. The molecule has 0 saturated carbocycles. The lowest BCUT2D eigenvalue weighted by atomic mass is 9.80. The number of nitrogens with two attached hydrogens (primary N) is 1. The first-order chi connectivity index (χ1) is 9.75. The third kappa shape index (κ3) is 4.35. The summed E-state index contributed by atoms with van der Waals surface area (Å²) in [6.45, 7) is 9.12. The third-order valence-electron chi connectivity index (χ3n) is 4.13. The van der Waals surface area contributed by atoms with Crippen LogP contribution in [0, 0.1) is 11.3 Å². The molecular weight excluding hydrogens is 286 g/mol. The smallest absolute Gasteiger partial charge is 0.238 e. The largest absolute Gasteiger partial charge is 0.399 e. The Morgan fingerprint density at radius 1 is 1.48 bits per heavy atom. The Balaban J connectivity index is 1.90. The number of amides is 1. The van der Waals surface area contributed by atoms with Gasteiger partial charge in [-0.3, -0.25) is 9.69 Å². The zero-order valence-electron chi connectivity index (χ0n) is 12.9. The molecule has 0 radical (unpaired) electrons. The fourth-order valence-electron chi connectivity index (χ4n) is 2.71. The van der Waals surface area contributed by atoms with Gasteiger partial charge in [0, 0.05) is 12.2 Å². The number of hydrogen-bond acceptors (Lipinski definition) is 3. The van der Waals surface area contributed by atoms with Crippen molar-refractivity contribution in [3.63, 3.8) is 0 Å². The number of likely N-dealkylation sites (tertiary alicyclic amines) is 1. The zero-order chi connectivity index (χ0) is 15.6. The first-order valence-corrected chi connectivity index (χ1v) is 7.71. The van der Waals surface area contributed by atoms with E-state index in [2.05, 4.69) is 31.0 Å². The summed E-state index contributed by atoms with van der Waals surface area (Å²) < 4.78 is 0. The van der Waals surface area contributed by atoms with Gasteiger partial charge in [-0.05, 0) is 42.5 Å². The summed E-state index contributed by atoms with van der Waals surface area (Å²) in [4.78, 5) is 14.3. The fraction of sp³-hybridized carbons (Fsp3) is 0.562. The summed E-state index contributed by atoms with van der Waals surface area (Å²) >= 11 is 6.06. The Morgan fingerprint density at radius 3 is 2.81 bits per heavy atom. The minimum atomic E-state index is -0.0444. The highest BCUT2D eigenvalue weighted by molar-refractivity contribution is 6.33. The van der Waals surface area contributed by atoms with Crippen molar-refractivity contribution in [1.29, 1.82) is 0 Å². The van der Waals surface area contributed by atoms with E-state index in [1.807, 2.05) is 0 Å². The summed E-state index contributed by atoms with van der Waals surface area (Å²) in [7, 11) is 0. The number of nitrogen functional groups attached to an aromatic ring is 1. The zero-order valence-corrected chi connectivity index (χ0v) is 13.7. The highest BCUT2D eigenvalue weighted by Crippen LogP contribution is 2.33. The van der Waals surface area contributed by atoms with Crippen LogP contribution in [0.15, 0.2) is 18.2 Å². The fourth-order valence-corrected chi connectivity index (χ4v) is 2.88. The van der Waals surface area contributed by atoms with Gasteiger partial charge in [0.05, 0.1) is 17.3 Å². The predicted molar refractivity (Wildman–Crippen MR) is 88.5 cm³/mol. The number of halogens is 1. The molecule has 1 amide bonds. The number of rotatable bonds is 3. The van der Waals surface area contributed by atoms with E-state index in [-0.39, 0.29) is 5.91 Å². The Labute approximate surface area is 131 Å². The van der Waals surface area contributed by atoms with Crippen molar-refractivity contribution >= 4 is 28.9 Å². The number of benzene rings is 1. The first kappa shape index (κ1) is 16.1. The lowest BCUT2D eigenvalue weighted by molar-refractivity contribution is -0.117. The van der Waals surface area contributed by atoms with E-state index in [9.17, 15) is 4.79 Å². The van der Waals surface area contributed by atoms with Gasteiger partial charge in [0.15, 0.2) is 0 Å². The molecule has 116 valence electrons. The van der Waals surface area contributed by atoms with Crippen LogP contribution >= 0.6 is 11.6 Å². The second-order valence-electron chi connectivity index (χ2n) is 6.87. The maximum atomic E-state index is 12.1. The van der Waals surface area contributed by atoms with Crippen LogP contribution in [0.3, 0.4) is 0 Å². The predicted octanol–water partition coefficient (Wildman–Crippen LogP) is 3.23. The highest BCUT2D eigenvalue weighted by atomic mass is 35.5. The monoisotopic (exact) mass is 309 g/mol. The van der Waals surface area contributed by atoms with Crippen LogP contribution in [0.5, 0.6) is 0 Å². The van der Waals surface area contributed by atoms with Crippen LogP contribution in [0.4, 0.5) is 11.4 Å². The Morgan fingerprint density at radius 2 is 2.19 bits per heavy atom. The standard InChI is InChI=1S/C16H24ClN3O/c1-16(2,3)11-6-7-20(9-11)10-15(21)19-14-8-12(18)4-5-13(14)17/h4-5,8,11H,6-7,9-10,18H2,1-3H3,(H,19,21). The molecule has 0 spiro atoms. The van der Waals surface area contributed by atoms with Gasteiger partial charge in [0.25, 0.3) is 0 Å². The Kier molecular flexibility index (Phi) is 4.79. The Bertz CT molecular complexity index is 525. The van der Waals surface area contributed by atoms with Crippen molar-refractivity contribution in [2.45, 2.75) is 27.2 Å². The second kappa shape index (κ2) is 6.24. The minimum absolute atomic E-state index is 0.0444. The lowest BCUT2D eigenvalue weighted by Crippen LogP contribution is -2.33. The van der Waals surface area contributed by atoms with Gasteiger partial charge >= 0.3 is 0 Å². The molecule has 1 aliphatic rings. The van der Waals surface area contributed by atoms with Gasteiger partial charge in [-0.2, -0.15) is 0 Å². The molecule has 1 atom stereocenters. The molecule has 0 aliphatic carbocycles. The molecule has 4 nitrogen and oxygen atoms in total. The van der Waals surface area contributed by atoms with Gasteiger partial charge < -0.3 is 11.1 Å². The maximum absolute atomic E-state index is 12.1. The average molecular weight is 310 g/mol. The molecule has 1 fully saturated rings. The van der Waals surface area contributed by atoms with Crippen LogP contribution in [-0.4, -0.2) is 30.4 Å². The number of carbonyl (C=O) groups is 1. The molecule has 0 aromatic heterocycles. The summed E-state index contributed by atoms with van der Waals surface area (Å²) in [6, 6.07) is 5.09. The molecule has 1 unspecified atom stereocenters. The van der Waals surface area contributed by atoms with Gasteiger partial charge in [0.1, 0.15) is 0 Å². The normalized spacial score (nSPS) is 19.7. The quantitative estimate of drug-likeness (QED) is 0.843. The molecular formula is C16H24ClN3O.